The molecular formula is C47H29NO2S. The van der Waals surface area contributed by atoms with Gasteiger partial charge < -0.3 is 0 Å². The molecule has 240 valence electrons. The van der Waals surface area contributed by atoms with Gasteiger partial charge in [0.25, 0.3) is 0 Å². The summed E-state index contributed by atoms with van der Waals surface area (Å²) in [5.41, 5.74) is 4.93. The standard InChI is InChI=1S/C47H29NO2S/c49-51(50,31-17-5-2-6-18-31)43-28-27-36(32-19-7-11-23-37(32)43)41-29-42-44(38-24-12-9-22-35(38)41)45-39-25-13-8-20-33(39)34-21-10-14-26-40(34)47(45)48-46(42)30-15-3-1-4-16-30/h1-29H. The molecule has 51 heavy (non-hydrogen) atoms. The summed E-state index contributed by atoms with van der Waals surface area (Å²) in [5, 5.41) is 11.8. The highest BCUT2D eigenvalue weighted by atomic mass is 32.2. The summed E-state index contributed by atoms with van der Waals surface area (Å²) in [7, 11) is -3.76. The summed E-state index contributed by atoms with van der Waals surface area (Å²) in [6, 6.07) is 58.8. The van der Waals surface area contributed by atoms with Crippen LogP contribution in [0.25, 0.3) is 87.1 Å². The number of hydrogen-bond donors (Lipinski definition) is 0. The van der Waals surface area contributed by atoms with Crippen molar-refractivity contribution in [2.45, 2.75) is 9.79 Å². The van der Waals surface area contributed by atoms with E-state index in [9.17, 15) is 8.42 Å². The Bertz CT molecular complexity index is 3140. The van der Waals surface area contributed by atoms with Crippen LogP contribution in [0, 0.1) is 0 Å². The molecule has 0 aliphatic carbocycles. The first-order valence-electron chi connectivity index (χ1n) is 17.1. The van der Waals surface area contributed by atoms with E-state index in [1.807, 2.05) is 42.5 Å². The average molecular weight is 672 g/mol. The van der Waals surface area contributed by atoms with Crippen LogP contribution >= 0.6 is 0 Å². The summed E-state index contributed by atoms with van der Waals surface area (Å²) in [6.07, 6.45) is 0. The maximum Gasteiger partial charge on any atom is 0.207 e. The van der Waals surface area contributed by atoms with Gasteiger partial charge >= 0.3 is 0 Å². The number of sulfone groups is 1. The highest BCUT2D eigenvalue weighted by Crippen LogP contribution is 2.47. The molecule has 0 radical (unpaired) electrons. The molecule has 0 unspecified atom stereocenters. The van der Waals surface area contributed by atoms with Crippen molar-refractivity contribution in [3.8, 4) is 22.4 Å². The summed E-state index contributed by atoms with van der Waals surface area (Å²) >= 11 is 0. The second-order valence-corrected chi connectivity index (χ2v) is 14.9. The van der Waals surface area contributed by atoms with E-state index in [4.69, 9.17) is 4.98 Å². The SMILES string of the molecule is O=S(=O)(c1ccccc1)c1ccc(-c2cc3c(-c4ccccc4)nc4c5ccccc5c5ccccc5c4c3c3ccccc23)c2ccccc12. The predicted octanol–water partition coefficient (Wildman–Crippen LogP) is 12.2. The molecule has 9 aromatic carbocycles. The Labute approximate surface area is 295 Å². The van der Waals surface area contributed by atoms with Gasteiger partial charge in [-0.15, -0.1) is 0 Å². The van der Waals surface area contributed by atoms with Gasteiger partial charge in [0, 0.05) is 32.5 Å². The minimum absolute atomic E-state index is 0.282. The first-order chi connectivity index (χ1) is 25.1. The maximum atomic E-state index is 14.0. The molecule has 4 heteroatoms. The Morgan fingerprint density at radius 3 is 1.53 bits per heavy atom. The molecule has 0 fully saturated rings. The molecule has 0 saturated heterocycles. The topological polar surface area (TPSA) is 47.0 Å². The first-order valence-corrected chi connectivity index (χ1v) is 18.5. The molecule has 0 bridgehead atoms. The summed E-state index contributed by atoms with van der Waals surface area (Å²) in [5.74, 6) is 0. The lowest BCUT2D eigenvalue weighted by atomic mass is 9.86. The van der Waals surface area contributed by atoms with E-state index in [1.165, 1.54) is 16.2 Å². The Morgan fingerprint density at radius 2 is 0.863 bits per heavy atom. The second-order valence-electron chi connectivity index (χ2n) is 13.0. The van der Waals surface area contributed by atoms with Gasteiger partial charge in [-0.05, 0) is 67.7 Å². The van der Waals surface area contributed by atoms with Crippen LogP contribution in [-0.2, 0) is 9.84 Å². The molecule has 0 N–H and O–H groups in total. The van der Waals surface area contributed by atoms with Gasteiger partial charge in [-0.1, -0.05) is 152 Å². The van der Waals surface area contributed by atoms with Crippen molar-refractivity contribution in [2.24, 2.45) is 0 Å². The first kappa shape index (κ1) is 29.5. The third-order valence-electron chi connectivity index (χ3n) is 10.2. The van der Waals surface area contributed by atoms with Crippen LogP contribution in [0.2, 0.25) is 0 Å². The number of aromatic nitrogens is 1. The van der Waals surface area contributed by atoms with Crippen LogP contribution in [-0.4, -0.2) is 13.4 Å². The summed E-state index contributed by atoms with van der Waals surface area (Å²) in [6.45, 7) is 0. The monoisotopic (exact) mass is 671 g/mol. The molecule has 0 amide bonds. The molecule has 0 saturated carbocycles. The fraction of sp³-hybridized carbons (Fsp3) is 0. The van der Waals surface area contributed by atoms with Crippen molar-refractivity contribution >= 4 is 74.6 Å². The van der Waals surface area contributed by atoms with Gasteiger partial charge in [0.05, 0.1) is 21.0 Å². The second kappa shape index (κ2) is 11.3. The van der Waals surface area contributed by atoms with Gasteiger partial charge in [-0.25, -0.2) is 13.4 Å². The highest BCUT2D eigenvalue weighted by molar-refractivity contribution is 7.91. The van der Waals surface area contributed by atoms with E-state index in [2.05, 4.69) is 103 Å². The molecule has 10 rings (SSSR count). The predicted molar refractivity (Wildman–Crippen MR) is 212 cm³/mol. The lowest BCUT2D eigenvalue weighted by Gasteiger charge is -2.19. The minimum atomic E-state index is -3.76. The minimum Gasteiger partial charge on any atom is -0.246 e. The third kappa shape index (κ3) is 4.43. The number of rotatable bonds is 4. The highest BCUT2D eigenvalue weighted by Gasteiger charge is 2.24. The maximum absolute atomic E-state index is 14.0. The molecular weight excluding hydrogens is 643 g/mol. The normalized spacial score (nSPS) is 12.1. The van der Waals surface area contributed by atoms with Crippen LogP contribution in [0.15, 0.2) is 186 Å². The fourth-order valence-electron chi connectivity index (χ4n) is 8.00. The molecule has 0 aliphatic rings. The van der Waals surface area contributed by atoms with E-state index in [0.717, 1.165) is 65.6 Å². The lowest BCUT2D eigenvalue weighted by molar-refractivity contribution is 0.597. The number of nitrogens with zero attached hydrogens (tertiary/aromatic N) is 1. The van der Waals surface area contributed by atoms with Crippen molar-refractivity contribution < 1.29 is 8.42 Å². The van der Waals surface area contributed by atoms with Crippen molar-refractivity contribution in [3.63, 3.8) is 0 Å². The van der Waals surface area contributed by atoms with Crippen LogP contribution in [0.3, 0.4) is 0 Å². The number of pyridine rings is 1. The number of hydrogen-bond acceptors (Lipinski definition) is 3. The van der Waals surface area contributed by atoms with E-state index >= 15 is 0 Å². The molecule has 10 aromatic rings. The van der Waals surface area contributed by atoms with E-state index in [-0.39, 0.29) is 4.90 Å². The average Bonchev–Trinajstić information content (AvgIpc) is 3.20. The Kier molecular flexibility index (Phi) is 6.57. The zero-order valence-electron chi connectivity index (χ0n) is 27.4. The zero-order valence-corrected chi connectivity index (χ0v) is 28.2. The molecule has 0 spiro atoms. The van der Waals surface area contributed by atoms with E-state index < -0.39 is 9.84 Å². The smallest absolute Gasteiger partial charge is 0.207 e. The van der Waals surface area contributed by atoms with Crippen molar-refractivity contribution in [1.82, 2.24) is 4.98 Å². The van der Waals surface area contributed by atoms with Crippen molar-refractivity contribution in [3.05, 3.63) is 176 Å². The third-order valence-corrected chi connectivity index (χ3v) is 12.1. The molecule has 3 nitrogen and oxygen atoms in total. The van der Waals surface area contributed by atoms with Gasteiger partial charge in [0.15, 0.2) is 0 Å². The van der Waals surface area contributed by atoms with Gasteiger partial charge in [0.1, 0.15) is 0 Å². The fourth-order valence-corrected chi connectivity index (χ4v) is 9.49. The molecule has 1 heterocycles. The Hall–Kier alpha value is -6.36. The Morgan fingerprint density at radius 1 is 0.373 bits per heavy atom. The van der Waals surface area contributed by atoms with Crippen molar-refractivity contribution in [1.29, 1.82) is 0 Å². The zero-order chi connectivity index (χ0) is 34.1. The van der Waals surface area contributed by atoms with Gasteiger partial charge in [-0.2, -0.15) is 0 Å². The van der Waals surface area contributed by atoms with E-state index in [0.29, 0.717) is 10.3 Å². The molecule has 1 aromatic heterocycles. The summed E-state index contributed by atoms with van der Waals surface area (Å²) in [4.78, 5) is 6.14. The number of fused-ring (bicyclic) bond motifs is 11. The van der Waals surface area contributed by atoms with Crippen LogP contribution < -0.4 is 0 Å². The summed E-state index contributed by atoms with van der Waals surface area (Å²) < 4.78 is 28.0. The van der Waals surface area contributed by atoms with Crippen LogP contribution in [0.4, 0.5) is 0 Å². The largest absolute Gasteiger partial charge is 0.246 e. The van der Waals surface area contributed by atoms with Crippen molar-refractivity contribution in [2.75, 3.05) is 0 Å². The molecule has 0 aliphatic heterocycles. The lowest BCUT2D eigenvalue weighted by Crippen LogP contribution is -2.03. The Balaban J connectivity index is 1.38. The van der Waals surface area contributed by atoms with Gasteiger partial charge in [-0.3, -0.25) is 0 Å². The van der Waals surface area contributed by atoms with Crippen LogP contribution in [0.5, 0.6) is 0 Å². The quantitative estimate of drug-likeness (QED) is 0.175. The number of benzene rings is 9. The van der Waals surface area contributed by atoms with Crippen LogP contribution in [0.1, 0.15) is 0 Å². The van der Waals surface area contributed by atoms with E-state index in [1.54, 1.807) is 30.3 Å². The van der Waals surface area contributed by atoms with Gasteiger partial charge in [0.2, 0.25) is 9.84 Å². The molecule has 0 atom stereocenters.